The molecular formula is C11H7NO3. The van der Waals surface area contributed by atoms with Crippen molar-refractivity contribution < 1.29 is 14.7 Å². The second-order valence-corrected chi connectivity index (χ2v) is 3.01. The zero-order valence-corrected chi connectivity index (χ0v) is 7.68. The second kappa shape index (κ2) is 3.49. The van der Waals surface area contributed by atoms with Crippen LogP contribution >= 0.6 is 0 Å². The largest absolute Gasteiger partial charge is 0.475 e. The van der Waals surface area contributed by atoms with Crippen molar-refractivity contribution in [1.82, 2.24) is 4.98 Å². The van der Waals surface area contributed by atoms with E-state index in [0.29, 0.717) is 10.9 Å². The number of fused-ring (bicyclic) bond motifs is 1. The van der Waals surface area contributed by atoms with E-state index in [1.54, 1.807) is 24.3 Å². The molecule has 0 unspecified atom stereocenters. The van der Waals surface area contributed by atoms with E-state index in [2.05, 4.69) is 4.98 Å². The van der Waals surface area contributed by atoms with Crippen LogP contribution in [0, 0.1) is 0 Å². The van der Waals surface area contributed by atoms with Crippen LogP contribution in [0.15, 0.2) is 36.5 Å². The number of aromatic nitrogens is 1. The molecule has 15 heavy (non-hydrogen) atoms. The van der Waals surface area contributed by atoms with Crippen molar-refractivity contribution in [2.24, 2.45) is 0 Å². The predicted molar refractivity (Wildman–Crippen MR) is 53.7 cm³/mol. The third-order valence-corrected chi connectivity index (χ3v) is 2.09. The highest BCUT2D eigenvalue weighted by Gasteiger charge is 2.16. The molecule has 0 aliphatic rings. The van der Waals surface area contributed by atoms with E-state index in [0.717, 1.165) is 0 Å². The third-order valence-electron chi connectivity index (χ3n) is 2.09. The highest BCUT2D eigenvalue weighted by atomic mass is 16.4. The van der Waals surface area contributed by atoms with Crippen molar-refractivity contribution >= 4 is 22.7 Å². The van der Waals surface area contributed by atoms with Gasteiger partial charge in [-0.05, 0) is 12.1 Å². The molecule has 0 fully saturated rings. The number of carbonyl (C=O) groups excluding carboxylic acids is 1. The summed E-state index contributed by atoms with van der Waals surface area (Å²) in [5, 5.41) is 9.19. The first kappa shape index (κ1) is 9.33. The maximum Gasteiger partial charge on any atom is 0.377 e. The van der Waals surface area contributed by atoms with E-state index in [1.165, 1.54) is 12.3 Å². The first-order valence-corrected chi connectivity index (χ1v) is 4.31. The number of aliphatic carboxylic acids is 1. The summed E-state index contributed by atoms with van der Waals surface area (Å²) in [4.78, 5) is 25.9. The molecule has 0 amide bonds. The Labute approximate surface area is 85.2 Å². The first-order valence-electron chi connectivity index (χ1n) is 4.31. The highest BCUT2D eigenvalue weighted by Crippen LogP contribution is 2.16. The van der Waals surface area contributed by atoms with Crippen molar-refractivity contribution in [3.63, 3.8) is 0 Å². The lowest BCUT2D eigenvalue weighted by Crippen LogP contribution is -2.13. The van der Waals surface area contributed by atoms with Gasteiger partial charge in [-0.2, -0.15) is 0 Å². The van der Waals surface area contributed by atoms with Crippen LogP contribution in [0.2, 0.25) is 0 Å². The number of carboxylic acid groups (broad SMARTS) is 1. The smallest absolute Gasteiger partial charge is 0.377 e. The molecule has 0 atom stereocenters. The fraction of sp³-hybridized carbons (Fsp3) is 0. The maximum atomic E-state index is 11.3. The van der Waals surface area contributed by atoms with Gasteiger partial charge in [0.05, 0.1) is 5.52 Å². The lowest BCUT2D eigenvalue weighted by Gasteiger charge is -2.01. The van der Waals surface area contributed by atoms with Crippen LogP contribution < -0.4 is 0 Å². The molecule has 1 aromatic heterocycles. The Balaban J connectivity index is 2.71. The highest BCUT2D eigenvalue weighted by molar-refractivity contribution is 6.42. The van der Waals surface area contributed by atoms with Crippen LogP contribution in [-0.4, -0.2) is 21.8 Å². The number of benzene rings is 1. The van der Waals surface area contributed by atoms with Crippen molar-refractivity contribution in [2.75, 3.05) is 0 Å². The van der Waals surface area contributed by atoms with Crippen molar-refractivity contribution in [3.05, 3.63) is 42.1 Å². The summed E-state index contributed by atoms with van der Waals surface area (Å²) in [7, 11) is 0. The molecule has 1 heterocycles. The summed E-state index contributed by atoms with van der Waals surface area (Å²) in [6.07, 6.45) is 1.43. The van der Waals surface area contributed by atoms with Crippen LogP contribution in [0.1, 0.15) is 10.4 Å². The van der Waals surface area contributed by atoms with Crippen LogP contribution in [0.3, 0.4) is 0 Å². The normalized spacial score (nSPS) is 10.1. The summed E-state index contributed by atoms with van der Waals surface area (Å²) in [5.74, 6) is -2.36. The average Bonchev–Trinajstić information content (AvgIpc) is 2.27. The van der Waals surface area contributed by atoms with Gasteiger partial charge in [0, 0.05) is 17.1 Å². The SMILES string of the molecule is O=C(O)C(=O)c1ccnc2ccccc12. The minimum Gasteiger partial charge on any atom is -0.475 e. The van der Waals surface area contributed by atoms with Gasteiger partial charge >= 0.3 is 5.97 Å². The molecule has 1 N–H and O–H groups in total. The molecule has 0 spiro atoms. The summed E-state index contributed by atoms with van der Waals surface area (Å²) >= 11 is 0. The number of hydrogen-bond donors (Lipinski definition) is 1. The van der Waals surface area contributed by atoms with E-state index < -0.39 is 11.8 Å². The van der Waals surface area contributed by atoms with Gasteiger partial charge in [-0.3, -0.25) is 9.78 Å². The molecule has 4 nitrogen and oxygen atoms in total. The molecule has 74 valence electrons. The lowest BCUT2D eigenvalue weighted by atomic mass is 10.1. The number of pyridine rings is 1. The Kier molecular flexibility index (Phi) is 2.17. The zero-order chi connectivity index (χ0) is 10.8. The number of ketones is 1. The van der Waals surface area contributed by atoms with Gasteiger partial charge in [0.2, 0.25) is 0 Å². The van der Waals surface area contributed by atoms with Crippen molar-refractivity contribution in [2.45, 2.75) is 0 Å². The van der Waals surface area contributed by atoms with Gasteiger partial charge in [-0.1, -0.05) is 18.2 Å². The van der Waals surface area contributed by atoms with E-state index in [-0.39, 0.29) is 5.56 Å². The topological polar surface area (TPSA) is 67.3 Å². The Bertz CT molecular complexity index is 543. The Morgan fingerprint density at radius 2 is 1.87 bits per heavy atom. The summed E-state index contributed by atoms with van der Waals surface area (Å²) in [5.41, 5.74) is 0.790. The molecular weight excluding hydrogens is 194 g/mol. The minimum atomic E-state index is -1.45. The van der Waals surface area contributed by atoms with E-state index in [9.17, 15) is 9.59 Å². The predicted octanol–water partition coefficient (Wildman–Crippen LogP) is 1.50. The van der Waals surface area contributed by atoms with Gasteiger partial charge in [-0.15, -0.1) is 0 Å². The first-order chi connectivity index (χ1) is 7.20. The molecule has 0 bridgehead atoms. The summed E-state index contributed by atoms with van der Waals surface area (Å²) in [6.45, 7) is 0. The van der Waals surface area contributed by atoms with Crippen LogP contribution in [0.5, 0.6) is 0 Å². The summed E-state index contributed by atoms with van der Waals surface area (Å²) in [6, 6.07) is 8.35. The van der Waals surface area contributed by atoms with Gasteiger partial charge in [-0.25, -0.2) is 4.79 Å². The Morgan fingerprint density at radius 1 is 1.13 bits per heavy atom. The third kappa shape index (κ3) is 1.57. The Morgan fingerprint density at radius 3 is 2.60 bits per heavy atom. The lowest BCUT2D eigenvalue weighted by molar-refractivity contribution is -0.131. The fourth-order valence-electron chi connectivity index (χ4n) is 1.41. The van der Waals surface area contributed by atoms with Gasteiger partial charge in [0.15, 0.2) is 0 Å². The number of nitrogens with zero attached hydrogens (tertiary/aromatic N) is 1. The molecule has 0 aliphatic heterocycles. The fourth-order valence-corrected chi connectivity index (χ4v) is 1.41. The second-order valence-electron chi connectivity index (χ2n) is 3.01. The van der Waals surface area contributed by atoms with Gasteiger partial charge in [0.25, 0.3) is 5.78 Å². The number of Topliss-reactive ketones (excluding diaryl/α,β-unsaturated/α-hetero) is 1. The molecule has 0 aliphatic carbocycles. The van der Waals surface area contributed by atoms with Crippen LogP contribution in [-0.2, 0) is 4.79 Å². The van der Waals surface area contributed by atoms with Gasteiger partial charge in [0.1, 0.15) is 0 Å². The zero-order valence-electron chi connectivity index (χ0n) is 7.68. The van der Waals surface area contributed by atoms with E-state index >= 15 is 0 Å². The monoisotopic (exact) mass is 201 g/mol. The minimum absolute atomic E-state index is 0.174. The molecule has 0 saturated heterocycles. The van der Waals surface area contributed by atoms with E-state index in [1.807, 2.05) is 0 Å². The molecule has 2 aromatic rings. The van der Waals surface area contributed by atoms with Crippen molar-refractivity contribution in [1.29, 1.82) is 0 Å². The summed E-state index contributed by atoms with van der Waals surface area (Å²) < 4.78 is 0. The number of hydrogen-bond acceptors (Lipinski definition) is 3. The van der Waals surface area contributed by atoms with Gasteiger partial charge < -0.3 is 5.11 Å². The molecule has 0 saturated carbocycles. The molecule has 4 heteroatoms. The number of carbonyl (C=O) groups is 2. The quantitative estimate of drug-likeness (QED) is 0.590. The van der Waals surface area contributed by atoms with Crippen LogP contribution in [0.25, 0.3) is 10.9 Å². The van der Waals surface area contributed by atoms with Crippen molar-refractivity contribution in [3.8, 4) is 0 Å². The standard InChI is InChI=1S/C11H7NO3/c13-10(11(14)15)8-5-6-12-9-4-2-1-3-7(8)9/h1-6H,(H,14,15). The number of para-hydroxylation sites is 1. The molecule has 1 aromatic carbocycles. The molecule has 0 radical (unpaired) electrons. The molecule has 2 rings (SSSR count). The van der Waals surface area contributed by atoms with Crippen LogP contribution in [0.4, 0.5) is 0 Å². The number of rotatable bonds is 2. The number of carboxylic acids is 1. The average molecular weight is 201 g/mol. The Hall–Kier alpha value is -2.23. The maximum absolute atomic E-state index is 11.3. The van der Waals surface area contributed by atoms with E-state index in [4.69, 9.17) is 5.11 Å².